The van der Waals surface area contributed by atoms with Crippen LogP contribution in [0, 0.1) is 5.41 Å². The molecule has 35 heavy (non-hydrogen) atoms. The third kappa shape index (κ3) is 5.34. The average molecular weight is 480 g/mol. The summed E-state index contributed by atoms with van der Waals surface area (Å²) in [6.45, 7) is 7.52. The number of imidazole rings is 1. The number of aliphatic hydroxyl groups excluding tert-OH is 1. The largest absolute Gasteiger partial charge is 0.512 e. The van der Waals surface area contributed by atoms with Gasteiger partial charge in [-0.1, -0.05) is 6.58 Å². The first kappa shape index (κ1) is 24.0. The molecule has 0 unspecified atom stereocenters. The van der Waals surface area contributed by atoms with Crippen molar-refractivity contribution in [2.24, 2.45) is 5.41 Å². The summed E-state index contributed by atoms with van der Waals surface area (Å²) in [6, 6.07) is 13.7. The molecule has 3 heterocycles. The highest BCUT2D eigenvalue weighted by molar-refractivity contribution is 5.68. The van der Waals surface area contributed by atoms with Crippen LogP contribution in [-0.4, -0.2) is 31.6 Å². The van der Waals surface area contributed by atoms with Crippen molar-refractivity contribution >= 4 is 0 Å². The predicted molar refractivity (Wildman–Crippen MR) is 127 cm³/mol. The van der Waals surface area contributed by atoms with Crippen molar-refractivity contribution in [1.82, 2.24) is 19.9 Å². The van der Waals surface area contributed by atoms with Crippen LogP contribution >= 0.6 is 0 Å². The van der Waals surface area contributed by atoms with Gasteiger partial charge in [0.2, 0.25) is 0 Å². The van der Waals surface area contributed by atoms with Gasteiger partial charge in [-0.15, -0.1) is 0 Å². The summed E-state index contributed by atoms with van der Waals surface area (Å²) >= 11 is 0. The third-order valence-corrected chi connectivity index (χ3v) is 5.51. The molecule has 2 N–H and O–H groups in total. The molecular weight excluding hydrogens is 457 g/mol. The van der Waals surface area contributed by atoms with E-state index in [1.54, 1.807) is 18.3 Å². The number of nitrogens with zero attached hydrogens (tertiary/aromatic N) is 3. The summed E-state index contributed by atoms with van der Waals surface area (Å²) in [5.41, 5.74) is 0.811. The number of halogens is 3. The Hall–Kier alpha value is -4.14. The molecule has 0 radical (unpaired) electrons. The van der Waals surface area contributed by atoms with Crippen LogP contribution in [0.5, 0.6) is 5.75 Å². The molecule has 0 aliphatic heterocycles. The third-order valence-electron chi connectivity index (χ3n) is 5.51. The van der Waals surface area contributed by atoms with Gasteiger partial charge < -0.3 is 14.8 Å². The summed E-state index contributed by atoms with van der Waals surface area (Å²) in [4.78, 5) is 15.1. The minimum absolute atomic E-state index is 0.0586. The number of aromatic amines is 1. The van der Waals surface area contributed by atoms with Crippen molar-refractivity contribution < 1.29 is 23.0 Å². The van der Waals surface area contributed by atoms with Crippen molar-refractivity contribution in [3.05, 3.63) is 85.2 Å². The fourth-order valence-electron chi connectivity index (χ4n) is 3.23. The van der Waals surface area contributed by atoms with Gasteiger partial charge in [-0.3, -0.25) is 9.97 Å². The number of aliphatic hydroxyl groups is 1. The highest BCUT2D eigenvalue weighted by Crippen LogP contribution is 2.35. The Balaban J connectivity index is 1.49. The van der Waals surface area contributed by atoms with E-state index in [1.807, 2.05) is 38.1 Å². The maximum atomic E-state index is 13.3. The Morgan fingerprint density at radius 2 is 1.69 bits per heavy atom. The Morgan fingerprint density at radius 3 is 2.31 bits per heavy atom. The molecular formula is C26H23F3N4O2. The number of alkyl halides is 3. The van der Waals surface area contributed by atoms with Gasteiger partial charge in [0.1, 0.15) is 18.2 Å². The lowest BCUT2D eigenvalue weighted by molar-refractivity contribution is -0.140. The highest BCUT2D eigenvalue weighted by Gasteiger charge is 2.35. The topological polar surface area (TPSA) is 83.9 Å². The molecule has 0 saturated heterocycles. The minimum atomic E-state index is -4.57. The van der Waals surface area contributed by atoms with Gasteiger partial charge in [-0.25, -0.2) is 4.98 Å². The first-order chi connectivity index (χ1) is 16.5. The van der Waals surface area contributed by atoms with Gasteiger partial charge in [-0.05, 0) is 62.4 Å². The molecule has 1 aromatic carbocycles. The van der Waals surface area contributed by atoms with Gasteiger partial charge in [0, 0.05) is 29.1 Å². The molecule has 0 fully saturated rings. The maximum absolute atomic E-state index is 13.3. The Bertz CT molecular complexity index is 1330. The lowest BCUT2D eigenvalue weighted by atomic mass is 9.93. The molecule has 6 nitrogen and oxygen atoms in total. The van der Waals surface area contributed by atoms with Crippen LogP contribution in [0.4, 0.5) is 13.2 Å². The highest BCUT2D eigenvalue weighted by atomic mass is 19.4. The standard InChI is InChI=1S/C26H23F3N4O2/c1-16(34)25(2,3)15-35-19-9-6-17(7-10-19)21-11-8-18(13-31-21)24-32-14-22(33-24)20-5-4-12-30-23(20)26(27,28)29/h4-14,34H,1,15H2,2-3H3,(H,32,33). The summed E-state index contributed by atoms with van der Waals surface area (Å²) in [5.74, 6) is 1.10. The van der Waals surface area contributed by atoms with Gasteiger partial charge in [-0.2, -0.15) is 13.2 Å². The molecule has 0 amide bonds. The number of ether oxygens (including phenoxy) is 1. The van der Waals surface area contributed by atoms with E-state index in [2.05, 4.69) is 26.5 Å². The lowest BCUT2D eigenvalue weighted by Gasteiger charge is -2.23. The number of aromatic nitrogens is 4. The van der Waals surface area contributed by atoms with E-state index in [0.29, 0.717) is 22.8 Å². The molecule has 0 bridgehead atoms. The molecule has 0 aliphatic rings. The fraction of sp³-hybridized carbons (Fsp3) is 0.192. The average Bonchev–Trinajstić information content (AvgIpc) is 3.33. The van der Waals surface area contributed by atoms with E-state index in [-0.39, 0.29) is 23.6 Å². The number of benzene rings is 1. The quantitative estimate of drug-likeness (QED) is 0.288. The SMILES string of the molecule is C=C(O)C(C)(C)COc1ccc(-c2ccc(-c3ncc(-c4cccnc4C(F)(F)F)[nH]3)cn2)cc1. The van der Waals surface area contributed by atoms with Crippen LogP contribution in [0.3, 0.4) is 0 Å². The van der Waals surface area contributed by atoms with Gasteiger partial charge in [0.15, 0.2) is 5.69 Å². The van der Waals surface area contributed by atoms with Gasteiger partial charge >= 0.3 is 6.18 Å². The Morgan fingerprint density at radius 1 is 0.971 bits per heavy atom. The van der Waals surface area contributed by atoms with E-state index in [0.717, 1.165) is 11.8 Å². The number of nitrogens with one attached hydrogen (secondary N) is 1. The van der Waals surface area contributed by atoms with Crippen molar-refractivity contribution in [3.8, 4) is 39.7 Å². The molecule has 180 valence electrons. The van der Waals surface area contributed by atoms with Crippen LogP contribution in [0.15, 0.2) is 79.5 Å². The predicted octanol–water partition coefficient (Wildman–Crippen LogP) is 6.70. The zero-order valence-corrected chi connectivity index (χ0v) is 19.1. The molecule has 4 rings (SSSR count). The van der Waals surface area contributed by atoms with E-state index in [1.165, 1.54) is 18.3 Å². The first-order valence-corrected chi connectivity index (χ1v) is 10.7. The molecule has 0 atom stereocenters. The summed E-state index contributed by atoms with van der Waals surface area (Å²) in [5, 5.41) is 9.62. The number of hydrogen-bond donors (Lipinski definition) is 2. The van der Waals surface area contributed by atoms with Gasteiger partial charge in [0.25, 0.3) is 0 Å². The van der Waals surface area contributed by atoms with Crippen LogP contribution < -0.4 is 4.74 Å². The normalized spacial score (nSPS) is 11.9. The zero-order valence-electron chi connectivity index (χ0n) is 19.1. The van der Waals surface area contributed by atoms with Crippen molar-refractivity contribution in [2.45, 2.75) is 20.0 Å². The fourth-order valence-corrected chi connectivity index (χ4v) is 3.23. The van der Waals surface area contributed by atoms with Crippen LogP contribution in [0.2, 0.25) is 0 Å². The molecule has 0 spiro atoms. The number of rotatable bonds is 7. The van der Waals surface area contributed by atoms with Crippen molar-refractivity contribution in [2.75, 3.05) is 6.61 Å². The van der Waals surface area contributed by atoms with E-state index in [9.17, 15) is 18.3 Å². The monoisotopic (exact) mass is 480 g/mol. The summed E-state index contributed by atoms with van der Waals surface area (Å²) in [7, 11) is 0. The van der Waals surface area contributed by atoms with E-state index in [4.69, 9.17) is 4.74 Å². The number of H-pyrrole nitrogens is 1. The Labute approximate surface area is 200 Å². The van der Waals surface area contributed by atoms with Crippen molar-refractivity contribution in [1.29, 1.82) is 0 Å². The zero-order chi connectivity index (χ0) is 25.2. The molecule has 4 aromatic rings. The lowest BCUT2D eigenvalue weighted by Crippen LogP contribution is -2.23. The second kappa shape index (κ2) is 9.25. The summed E-state index contributed by atoms with van der Waals surface area (Å²) < 4.78 is 45.6. The summed E-state index contributed by atoms with van der Waals surface area (Å²) in [6.07, 6.45) is -0.514. The Kier molecular flexibility index (Phi) is 6.34. The second-order valence-electron chi connectivity index (χ2n) is 8.62. The number of pyridine rings is 2. The molecule has 3 aromatic heterocycles. The van der Waals surface area contributed by atoms with Crippen LogP contribution in [-0.2, 0) is 6.18 Å². The van der Waals surface area contributed by atoms with Crippen molar-refractivity contribution in [3.63, 3.8) is 0 Å². The minimum Gasteiger partial charge on any atom is -0.512 e. The molecule has 0 aliphatic carbocycles. The number of hydrogen-bond acceptors (Lipinski definition) is 5. The van der Waals surface area contributed by atoms with Crippen LogP contribution in [0.1, 0.15) is 19.5 Å². The second-order valence-corrected chi connectivity index (χ2v) is 8.62. The van der Waals surface area contributed by atoms with Gasteiger partial charge in [0.05, 0.1) is 28.8 Å². The van der Waals surface area contributed by atoms with E-state index < -0.39 is 17.3 Å². The maximum Gasteiger partial charge on any atom is 0.434 e. The van der Waals surface area contributed by atoms with Crippen LogP contribution in [0.25, 0.3) is 33.9 Å². The smallest absolute Gasteiger partial charge is 0.434 e. The molecule has 0 saturated carbocycles. The first-order valence-electron chi connectivity index (χ1n) is 10.7. The van der Waals surface area contributed by atoms with E-state index >= 15 is 0 Å². The molecule has 9 heteroatoms.